The molecule has 0 aliphatic carbocycles. The molecule has 0 aliphatic heterocycles. The quantitative estimate of drug-likeness (QED) is 0.658. The minimum Gasteiger partial charge on any atom is -0.407 e. The second-order valence-electron chi connectivity index (χ2n) is 2.64. The van der Waals surface area contributed by atoms with E-state index in [1.165, 1.54) is 7.05 Å². The lowest BCUT2D eigenvalue weighted by molar-refractivity contribution is -0.384. The van der Waals surface area contributed by atoms with Crippen LogP contribution >= 0.6 is 23.2 Å². The van der Waals surface area contributed by atoms with Crippen LogP contribution in [-0.2, 0) is 0 Å². The van der Waals surface area contributed by atoms with Gasteiger partial charge in [0.05, 0.1) is 15.0 Å². The Hall–Kier alpha value is -1.53. The number of carbonyl (C=O) groups is 1. The van der Waals surface area contributed by atoms with Crippen LogP contribution in [0.5, 0.6) is 5.75 Å². The fraction of sp³-hybridized carbons (Fsp3) is 0.125. The van der Waals surface area contributed by atoms with E-state index in [9.17, 15) is 14.9 Å². The molecule has 6 nitrogen and oxygen atoms in total. The van der Waals surface area contributed by atoms with Crippen molar-refractivity contribution in [3.63, 3.8) is 0 Å². The highest BCUT2D eigenvalue weighted by Crippen LogP contribution is 2.36. The number of nitrogens with one attached hydrogen (secondary N) is 1. The predicted molar refractivity (Wildman–Crippen MR) is 58.2 cm³/mol. The van der Waals surface area contributed by atoms with Crippen molar-refractivity contribution in [2.75, 3.05) is 7.05 Å². The van der Waals surface area contributed by atoms with Gasteiger partial charge < -0.3 is 10.1 Å². The Morgan fingerprint density at radius 1 is 1.44 bits per heavy atom. The molecule has 0 spiro atoms. The number of non-ortho nitro benzene ring substituents is 1. The van der Waals surface area contributed by atoms with Crippen molar-refractivity contribution in [1.29, 1.82) is 0 Å². The molecule has 0 radical (unpaired) electrons. The number of nitro groups is 1. The van der Waals surface area contributed by atoms with E-state index in [0.29, 0.717) is 0 Å². The second kappa shape index (κ2) is 5.00. The van der Waals surface area contributed by atoms with Crippen LogP contribution in [0, 0.1) is 10.1 Å². The molecule has 0 atom stereocenters. The van der Waals surface area contributed by atoms with E-state index in [0.717, 1.165) is 12.1 Å². The van der Waals surface area contributed by atoms with Crippen molar-refractivity contribution in [3.8, 4) is 5.75 Å². The maximum absolute atomic E-state index is 10.9. The Labute approximate surface area is 100 Å². The summed E-state index contributed by atoms with van der Waals surface area (Å²) in [6.07, 6.45) is -0.766. The highest BCUT2D eigenvalue weighted by molar-refractivity contribution is 6.37. The average molecular weight is 265 g/mol. The van der Waals surface area contributed by atoms with Crippen LogP contribution in [-0.4, -0.2) is 18.1 Å². The van der Waals surface area contributed by atoms with Crippen molar-refractivity contribution >= 4 is 35.0 Å². The molecule has 0 saturated heterocycles. The van der Waals surface area contributed by atoms with Crippen molar-refractivity contribution < 1.29 is 14.5 Å². The van der Waals surface area contributed by atoms with Gasteiger partial charge in [0.25, 0.3) is 5.69 Å². The summed E-state index contributed by atoms with van der Waals surface area (Å²) in [4.78, 5) is 20.7. The monoisotopic (exact) mass is 264 g/mol. The first-order chi connectivity index (χ1) is 7.45. The standard InChI is InChI=1S/C8H6Cl2N2O4/c1-11-8(13)16-7-5(9)2-4(12(14)15)3-6(7)10/h2-3H,1H3,(H,11,13). The smallest absolute Gasteiger partial charge is 0.407 e. The highest BCUT2D eigenvalue weighted by atomic mass is 35.5. The minimum atomic E-state index is -0.766. The summed E-state index contributed by atoms with van der Waals surface area (Å²) in [6, 6.07) is 2.09. The lowest BCUT2D eigenvalue weighted by Gasteiger charge is -2.07. The number of nitrogens with zero attached hydrogens (tertiary/aromatic N) is 1. The van der Waals surface area contributed by atoms with Gasteiger partial charge in [0.1, 0.15) is 0 Å². The van der Waals surface area contributed by atoms with Crippen molar-refractivity contribution in [2.45, 2.75) is 0 Å². The maximum atomic E-state index is 10.9. The molecule has 1 aromatic rings. The van der Waals surface area contributed by atoms with Gasteiger partial charge in [-0.1, -0.05) is 23.2 Å². The zero-order valence-electron chi connectivity index (χ0n) is 7.99. The fourth-order valence-electron chi connectivity index (χ4n) is 0.893. The Morgan fingerprint density at radius 3 is 2.31 bits per heavy atom. The third-order valence-corrected chi connectivity index (χ3v) is 2.15. The van der Waals surface area contributed by atoms with Crippen LogP contribution in [0.25, 0.3) is 0 Å². The van der Waals surface area contributed by atoms with Crippen LogP contribution in [0.2, 0.25) is 10.0 Å². The van der Waals surface area contributed by atoms with Crippen LogP contribution in [0.3, 0.4) is 0 Å². The normalized spacial score (nSPS) is 9.69. The van der Waals surface area contributed by atoms with E-state index in [4.69, 9.17) is 27.9 Å². The number of ether oxygens (including phenoxy) is 1. The molecule has 1 N–H and O–H groups in total. The van der Waals surface area contributed by atoms with Crippen LogP contribution in [0.1, 0.15) is 0 Å². The number of hydrogen-bond acceptors (Lipinski definition) is 4. The summed E-state index contributed by atoms with van der Waals surface area (Å²) in [5.74, 6) is -0.117. The van der Waals surface area contributed by atoms with Gasteiger partial charge in [-0.25, -0.2) is 4.79 Å². The average Bonchev–Trinajstić information content (AvgIpc) is 2.22. The number of nitro benzene ring substituents is 1. The Balaban J connectivity index is 3.12. The van der Waals surface area contributed by atoms with Crippen molar-refractivity contribution in [3.05, 3.63) is 32.3 Å². The summed E-state index contributed by atoms with van der Waals surface area (Å²) in [6.45, 7) is 0. The van der Waals surface area contributed by atoms with Crippen molar-refractivity contribution in [1.82, 2.24) is 5.32 Å². The maximum Gasteiger partial charge on any atom is 0.412 e. The Kier molecular flexibility index (Phi) is 3.92. The molecular formula is C8H6Cl2N2O4. The number of amides is 1. The number of rotatable bonds is 2. The van der Waals surface area contributed by atoms with Gasteiger partial charge in [-0.2, -0.15) is 0 Å². The molecular weight excluding hydrogens is 259 g/mol. The molecule has 0 saturated carbocycles. The summed E-state index contributed by atoms with van der Waals surface area (Å²) in [5.41, 5.74) is -0.278. The highest BCUT2D eigenvalue weighted by Gasteiger charge is 2.17. The summed E-state index contributed by atoms with van der Waals surface area (Å²) >= 11 is 11.4. The summed E-state index contributed by atoms with van der Waals surface area (Å²) < 4.78 is 4.72. The molecule has 1 rings (SSSR count). The zero-order valence-corrected chi connectivity index (χ0v) is 9.50. The largest absolute Gasteiger partial charge is 0.412 e. The van der Waals surface area contributed by atoms with Gasteiger partial charge in [-0.05, 0) is 0 Å². The van der Waals surface area contributed by atoms with E-state index in [2.05, 4.69) is 5.32 Å². The molecule has 0 aliphatic rings. The van der Waals surface area contributed by atoms with Gasteiger partial charge in [0.15, 0.2) is 5.75 Å². The van der Waals surface area contributed by atoms with E-state index >= 15 is 0 Å². The first-order valence-corrected chi connectivity index (χ1v) is 4.74. The number of carbonyl (C=O) groups excluding carboxylic acids is 1. The lowest BCUT2D eigenvalue weighted by atomic mass is 10.3. The van der Waals surface area contributed by atoms with Gasteiger partial charge in [-0.15, -0.1) is 0 Å². The number of hydrogen-bond donors (Lipinski definition) is 1. The first kappa shape index (κ1) is 12.5. The molecule has 0 fully saturated rings. The molecule has 0 aromatic heterocycles. The van der Waals surface area contributed by atoms with E-state index < -0.39 is 11.0 Å². The lowest BCUT2D eigenvalue weighted by Crippen LogP contribution is -2.22. The van der Waals surface area contributed by atoms with Gasteiger partial charge in [0.2, 0.25) is 0 Å². The molecule has 1 amide bonds. The molecule has 0 bridgehead atoms. The molecule has 86 valence electrons. The van der Waals surface area contributed by atoms with Gasteiger partial charge >= 0.3 is 6.09 Å². The first-order valence-electron chi connectivity index (χ1n) is 3.98. The number of halogens is 2. The van der Waals surface area contributed by atoms with Crippen LogP contribution in [0.4, 0.5) is 10.5 Å². The van der Waals surface area contributed by atoms with E-state index in [1.807, 2.05) is 0 Å². The number of benzene rings is 1. The molecule has 0 unspecified atom stereocenters. The third-order valence-electron chi connectivity index (χ3n) is 1.59. The van der Waals surface area contributed by atoms with Crippen LogP contribution in [0.15, 0.2) is 12.1 Å². The summed E-state index contributed by atoms with van der Waals surface area (Å²) in [5, 5.41) is 12.4. The zero-order chi connectivity index (χ0) is 12.3. The Morgan fingerprint density at radius 2 is 1.94 bits per heavy atom. The topological polar surface area (TPSA) is 81.5 Å². The molecule has 8 heteroatoms. The van der Waals surface area contributed by atoms with E-state index in [1.54, 1.807) is 0 Å². The van der Waals surface area contributed by atoms with Crippen molar-refractivity contribution in [2.24, 2.45) is 0 Å². The third kappa shape index (κ3) is 2.74. The fourth-order valence-corrected chi connectivity index (χ4v) is 1.45. The minimum absolute atomic E-state index is 0.109. The predicted octanol–water partition coefficient (Wildman–Crippen LogP) is 2.62. The second-order valence-corrected chi connectivity index (χ2v) is 3.45. The van der Waals surface area contributed by atoms with Gasteiger partial charge in [0, 0.05) is 19.2 Å². The molecule has 0 heterocycles. The van der Waals surface area contributed by atoms with Gasteiger partial charge in [-0.3, -0.25) is 10.1 Å². The SMILES string of the molecule is CNC(=O)Oc1c(Cl)cc([N+](=O)[O-])cc1Cl. The van der Waals surface area contributed by atoms with E-state index in [-0.39, 0.29) is 21.5 Å². The molecule has 16 heavy (non-hydrogen) atoms. The van der Waals surface area contributed by atoms with Crippen LogP contribution < -0.4 is 10.1 Å². The summed E-state index contributed by atoms with van der Waals surface area (Å²) in [7, 11) is 1.36. The molecule has 1 aromatic carbocycles. The Bertz CT molecular complexity index is 427.